The van der Waals surface area contributed by atoms with Crippen LogP contribution in [0, 0.1) is 5.82 Å². The maximum Gasteiger partial charge on any atom is 0.253 e. The third kappa shape index (κ3) is 2.83. The summed E-state index contributed by atoms with van der Waals surface area (Å²) >= 11 is 0. The first-order valence-corrected chi connectivity index (χ1v) is 9.61. The minimum Gasteiger partial charge on any atom is -0.339 e. The molecule has 6 nitrogen and oxygen atoms in total. The molecule has 1 aliphatic heterocycles. The van der Waals surface area contributed by atoms with E-state index in [9.17, 15) is 9.18 Å². The fourth-order valence-corrected chi connectivity index (χ4v) is 3.93. The number of carbonyl (C=O) groups excluding carboxylic acids is 1. The largest absolute Gasteiger partial charge is 0.339 e. The number of aromatic amines is 1. The van der Waals surface area contributed by atoms with Crippen LogP contribution in [-0.2, 0) is 0 Å². The van der Waals surface area contributed by atoms with Gasteiger partial charge in [-0.1, -0.05) is 12.8 Å². The highest BCUT2D eigenvalue weighted by Gasteiger charge is 2.19. The van der Waals surface area contributed by atoms with Crippen LogP contribution in [0.1, 0.15) is 36.0 Å². The standard InChI is InChI=1S/C21H20FN5O/c22-15-6-8-19-23-12-18(27(19)13-15)20-16-7-5-14(11-17(16)24-25-20)21(28)26-9-3-1-2-4-10-26/h5-8,11-13H,1-4,9-10H2,(H,24,25). The van der Waals surface area contributed by atoms with Gasteiger partial charge in [0.1, 0.15) is 17.2 Å². The predicted molar refractivity (Wildman–Crippen MR) is 105 cm³/mol. The molecule has 1 amide bonds. The summed E-state index contributed by atoms with van der Waals surface area (Å²) in [5, 5.41) is 8.30. The van der Waals surface area contributed by atoms with Crippen molar-refractivity contribution in [3.63, 3.8) is 0 Å². The van der Waals surface area contributed by atoms with E-state index in [1.54, 1.807) is 16.7 Å². The number of benzene rings is 1. The van der Waals surface area contributed by atoms with Gasteiger partial charge in [-0.3, -0.25) is 14.3 Å². The van der Waals surface area contributed by atoms with Crippen molar-refractivity contribution in [1.29, 1.82) is 0 Å². The molecule has 28 heavy (non-hydrogen) atoms. The number of nitrogens with one attached hydrogen (secondary N) is 1. The van der Waals surface area contributed by atoms with E-state index in [2.05, 4.69) is 15.2 Å². The summed E-state index contributed by atoms with van der Waals surface area (Å²) in [7, 11) is 0. The first-order valence-electron chi connectivity index (χ1n) is 9.61. The average Bonchev–Trinajstić information content (AvgIpc) is 3.20. The summed E-state index contributed by atoms with van der Waals surface area (Å²) in [6.45, 7) is 1.64. The van der Waals surface area contributed by atoms with Crippen LogP contribution >= 0.6 is 0 Å². The molecule has 3 aromatic heterocycles. The molecular weight excluding hydrogens is 357 g/mol. The first kappa shape index (κ1) is 16.9. The Bertz CT molecular complexity index is 1170. The van der Waals surface area contributed by atoms with E-state index < -0.39 is 0 Å². The summed E-state index contributed by atoms with van der Waals surface area (Å²) in [5.41, 5.74) is 3.48. The van der Waals surface area contributed by atoms with Crippen LogP contribution < -0.4 is 0 Å². The van der Waals surface area contributed by atoms with Gasteiger partial charge in [-0.2, -0.15) is 5.10 Å². The van der Waals surface area contributed by atoms with Crippen LogP contribution in [0.25, 0.3) is 27.9 Å². The number of H-pyrrole nitrogens is 1. The van der Waals surface area contributed by atoms with Gasteiger partial charge in [-0.25, -0.2) is 9.37 Å². The minimum atomic E-state index is -0.336. The summed E-state index contributed by atoms with van der Waals surface area (Å²) < 4.78 is 15.4. The Kier molecular flexibility index (Phi) is 4.07. The molecule has 0 bridgehead atoms. The molecule has 0 radical (unpaired) electrons. The van der Waals surface area contributed by atoms with Crippen molar-refractivity contribution < 1.29 is 9.18 Å². The maximum absolute atomic E-state index is 13.7. The van der Waals surface area contributed by atoms with Crippen molar-refractivity contribution in [3.05, 3.63) is 54.1 Å². The van der Waals surface area contributed by atoms with E-state index in [0.29, 0.717) is 22.6 Å². The number of halogens is 1. The average molecular weight is 377 g/mol. The number of nitrogens with zero attached hydrogens (tertiary/aromatic N) is 4. The van der Waals surface area contributed by atoms with Gasteiger partial charge in [0.05, 0.1) is 17.4 Å². The molecule has 5 rings (SSSR count). The fourth-order valence-electron chi connectivity index (χ4n) is 3.93. The topological polar surface area (TPSA) is 66.3 Å². The molecule has 0 atom stereocenters. The number of fused-ring (bicyclic) bond motifs is 2. The Hall–Kier alpha value is -3.22. The van der Waals surface area contributed by atoms with Gasteiger partial charge < -0.3 is 4.90 Å². The molecular formula is C21H20FN5O. The van der Waals surface area contributed by atoms with Crippen LogP contribution in [0.3, 0.4) is 0 Å². The second-order valence-corrected chi connectivity index (χ2v) is 7.26. The van der Waals surface area contributed by atoms with Crippen LogP contribution in [0.2, 0.25) is 0 Å². The normalized spacial score (nSPS) is 15.2. The number of imidazole rings is 1. The molecule has 1 aliphatic rings. The van der Waals surface area contributed by atoms with E-state index in [1.807, 2.05) is 23.1 Å². The number of carbonyl (C=O) groups is 1. The van der Waals surface area contributed by atoms with Crippen LogP contribution in [0.4, 0.5) is 4.39 Å². The van der Waals surface area contributed by atoms with E-state index >= 15 is 0 Å². The molecule has 0 spiro atoms. The second-order valence-electron chi connectivity index (χ2n) is 7.26. The van der Waals surface area contributed by atoms with Gasteiger partial charge in [0, 0.05) is 30.2 Å². The first-order chi connectivity index (χ1) is 13.7. The summed E-state index contributed by atoms with van der Waals surface area (Å²) in [6.07, 6.45) is 7.58. The lowest BCUT2D eigenvalue weighted by molar-refractivity contribution is 0.0762. The van der Waals surface area contributed by atoms with Gasteiger partial charge in [0.15, 0.2) is 0 Å². The molecule has 4 aromatic rings. The van der Waals surface area contributed by atoms with E-state index in [1.165, 1.54) is 25.1 Å². The Balaban J connectivity index is 1.53. The van der Waals surface area contributed by atoms with Gasteiger partial charge >= 0.3 is 0 Å². The van der Waals surface area contributed by atoms with Gasteiger partial charge in [-0.15, -0.1) is 0 Å². The highest BCUT2D eigenvalue weighted by atomic mass is 19.1. The second kappa shape index (κ2) is 6.74. The lowest BCUT2D eigenvalue weighted by Crippen LogP contribution is -2.31. The van der Waals surface area contributed by atoms with Crippen molar-refractivity contribution in [1.82, 2.24) is 24.5 Å². The monoisotopic (exact) mass is 377 g/mol. The molecule has 0 saturated carbocycles. The van der Waals surface area contributed by atoms with Crippen molar-refractivity contribution in [2.45, 2.75) is 25.7 Å². The molecule has 1 saturated heterocycles. The zero-order valence-corrected chi connectivity index (χ0v) is 15.4. The molecule has 142 valence electrons. The zero-order chi connectivity index (χ0) is 19.1. The SMILES string of the molecule is O=C(c1ccc2c(-c3cnc4ccc(F)cn34)n[nH]c2c1)N1CCCCCC1. The molecule has 1 fully saturated rings. The van der Waals surface area contributed by atoms with Gasteiger partial charge in [-0.05, 0) is 43.2 Å². The van der Waals surface area contributed by atoms with Crippen LogP contribution in [0.5, 0.6) is 0 Å². The van der Waals surface area contributed by atoms with Crippen molar-refractivity contribution >= 4 is 22.5 Å². The smallest absolute Gasteiger partial charge is 0.253 e. The van der Waals surface area contributed by atoms with Crippen molar-refractivity contribution in [2.24, 2.45) is 0 Å². The summed E-state index contributed by atoms with van der Waals surface area (Å²) in [6, 6.07) is 8.61. The summed E-state index contributed by atoms with van der Waals surface area (Å²) in [5.74, 6) is -0.270. The molecule has 1 aromatic carbocycles. The van der Waals surface area contributed by atoms with Gasteiger partial charge in [0.2, 0.25) is 0 Å². The molecule has 1 N–H and O–H groups in total. The number of hydrogen-bond acceptors (Lipinski definition) is 3. The lowest BCUT2D eigenvalue weighted by Gasteiger charge is -2.20. The quantitative estimate of drug-likeness (QED) is 0.573. The Morgan fingerprint density at radius 1 is 1.07 bits per heavy atom. The Morgan fingerprint density at radius 2 is 1.89 bits per heavy atom. The fraction of sp³-hybridized carbons (Fsp3) is 0.286. The summed E-state index contributed by atoms with van der Waals surface area (Å²) in [4.78, 5) is 19.1. The number of hydrogen-bond donors (Lipinski definition) is 1. The number of likely N-dealkylation sites (tertiary alicyclic amines) is 1. The Morgan fingerprint density at radius 3 is 2.71 bits per heavy atom. The maximum atomic E-state index is 13.7. The minimum absolute atomic E-state index is 0.0665. The molecule has 0 unspecified atom stereocenters. The predicted octanol–water partition coefficient (Wildman–Crippen LogP) is 4.03. The van der Waals surface area contributed by atoms with Crippen LogP contribution in [-0.4, -0.2) is 43.5 Å². The zero-order valence-electron chi connectivity index (χ0n) is 15.4. The highest BCUT2D eigenvalue weighted by molar-refractivity contribution is 6.00. The van der Waals surface area contributed by atoms with Gasteiger partial charge in [0.25, 0.3) is 5.91 Å². The number of rotatable bonds is 2. The van der Waals surface area contributed by atoms with E-state index in [0.717, 1.165) is 36.8 Å². The highest BCUT2D eigenvalue weighted by Crippen LogP contribution is 2.28. The third-order valence-corrected chi connectivity index (χ3v) is 5.42. The van der Waals surface area contributed by atoms with E-state index in [4.69, 9.17) is 0 Å². The Labute approximate surface area is 161 Å². The van der Waals surface area contributed by atoms with Crippen molar-refractivity contribution in [3.8, 4) is 11.4 Å². The van der Waals surface area contributed by atoms with E-state index in [-0.39, 0.29) is 11.7 Å². The molecule has 0 aliphatic carbocycles. The van der Waals surface area contributed by atoms with Crippen LogP contribution in [0.15, 0.2) is 42.7 Å². The number of aromatic nitrogens is 4. The lowest BCUT2D eigenvalue weighted by atomic mass is 10.1. The molecule has 7 heteroatoms. The number of amides is 1. The third-order valence-electron chi connectivity index (χ3n) is 5.42. The molecule has 4 heterocycles. The number of pyridine rings is 1. The van der Waals surface area contributed by atoms with Crippen molar-refractivity contribution in [2.75, 3.05) is 13.1 Å².